The Morgan fingerprint density at radius 2 is 1.77 bits per heavy atom. The van der Waals surface area contributed by atoms with E-state index in [0.717, 1.165) is 17.5 Å². The van der Waals surface area contributed by atoms with Crippen LogP contribution in [0.4, 0.5) is 14.9 Å². The Morgan fingerprint density at radius 3 is 2.40 bits per heavy atom. The molecule has 1 aromatic heterocycles. The molecule has 1 saturated heterocycles. The van der Waals surface area contributed by atoms with E-state index in [1.807, 2.05) is 42.5 Å². The number of rotatable bonds is 9. The molecule has 0 spiro atoms. The zero-order valence-electron chi connectivity index (χ0n) is 25.3. The Labute approximate surface area is 252 Å². The van der Waals surface area contributed by atoms with Crippen LogP contribution in [0.3, 0.4) is 0 Å². The van der Waals surface area contributed by atoms with Crippen molar-refractivity contribution in [2.45, 2.75) is 75.7 Å². The summed E-state index contributed by atoms with van der Waals surface area (Å²) in [7, 11) is 1.56. The number of aromatic nitrogens is 1. The van der Waals surface area contributed by atoms with Crippen molar-refractivity contribution in [2.75, 3.05) is 19.0 Å². The van der Waals surface area contributed by atoms with E-state index in [1.165, 1.54) is 23.8 Å². The molecule has 5 rings (SSSR count). The average molecular weight is 589 g/mol. The first-order valence-electron chi connectivity index (χ1n) is 14.8. The van der Waals surface area contributed by atoms with E-state index in [-0.39, 0.29) is 18.7 Å². The molecule has 3 aromatic rings. The average Bonchev–Trinajstić information content (AvgIpc) is 3.74. The Morgan fingerprint density at radius 1 is 1.07 bits per heavy atom. The molecule has 2 fully saturated rings. The maximum absolute atomic E-state index is 15.3. The molecule has 3 N–H and O–H groups in total. The van der Waals surface area contributed by atoms with E-state index >= 15 is 4.39 Å². The van der Waals surface area contributed by atoms with Crippen molar-refractivity contribution < 1.29 is 23.5 Å². The minimum absolute atomic E-state index is 0.00318. The number of amides is 2. The summed E-state index contributed by atoms with van der Waals surface area (Å²) >= 11 is 0. The van der Waals surface area contributed by atoms with E-state index in [1.54, 1.807) is 52.4 Å². The van der Waals surface area contributed by atoms with E-state index in [0.29, 0.717) is 17.9 Å². The molecule has 0 bridgehead atoms. The molecular weight excluding hydrogens is 547 g/mol. The number of nitrogens with two attached hydrogens (primary N) is 1. The summed E-state index contributed by atoms with van der Waals surface area (Å²) in [6.07, 6.45) is 6.92. The molecule has 2 amide bonds. The van der Waals surface area contributed by atoms with Gasteiger partial charge in [-0.2, -0.15) is 0 Å². The van der Waals surface area contributed by atoms with Gasteiger partial charge >= 0.3 is 6.09 Å². The molecule has 8 nitrogen and oxygen atoms in total. The highest BCUT2D eigenvalue weighted by Crippen LogP contribution is 2.42. The van der Waals surface area contributed by atoms with Gasteiger partial charge < -0.3 is 20.5 Å². The summed E-state index contributed by atoms with van der Waals surface area (Å²) in [5, 5.41) is 2.77. The van der Waals surface area contributed by atoms with Crippen molar-refractivity contribution in [3.05, 3.63) is 95.6 Å². The highest BCUT2D eigenvalue weighted by atomic mass is 19.1. The standard InChI is InChI=1S/C34H41FN4O4/c1-32(2,3)43-31(41)39-22-33(42-4,24-8-6-5-7-9-24)21-29(39)30(40)38-28-20-26(12-13-27(28)35)34(36,17-14-23-10-11-23)25-15-18-37-19-16-25/h5-9,12-13,15-16,18-20,23,29H,10-11,14,17,21-22,36H2,1-4H3,(H,38,40)/t29-,33-,34?/m1/s1. The van der Waals surface area contributed by atoms with Crippen LogP contribution in [0.1, 0.15) is 69.6 Å². The number of halogens is 1. The van der Waals surface area contributed by atoms with Gasteiger partial charge in [0.05, 0.1) is 17.8 Å². The molecule has 1 saturated carbocycles. The molecule has 2 aliphatic rings. The molecular formula is C34H41FN4O4. The Kier molecular flexibility index (Phi) is 8.58. The summed E-state index contributed by atoms with van der Waals surface area (Å²) < 4.78 is 27.0. The number of likely N-dealkylation sites (tertiary alicyclic amines) is 1. The van der Waals surface area contributed by atoms with Crippen LogP contribution in [-0.2, 0) is 25.4 Å². The van der Waals surface area contributed by atoms with Crippen molar-refractivity contribution in [3.63, 3.8) is 0 Å². The number of carbonyl (C=O) groups is 2. The van der Waals surface area contributed by atoms with Crippen molar-refractivity contribution in [1.82, 2.24) is 9.88 Å². The van der Waals surface area contributed by atoms with Gasteiger partial charge in [0, 0.05) is 25.9 Å². The highest BCUT2D eigenvalue weighted by Gasteiger charge is 2.51. The van der Waals surface area contributed by atoms with E-state index in [2.05, 4.69) is 10.3 Å². The number of carbonyl (C=O) groups excluding carboxylic acids is 2. The molecule has 3 atom stereocenters. The molecule has 0 radical (unpaired) electrons. The van der Waals surface area contributed by atoms with Crippen LogP contribution in [0, 0.1) is 11.7 Å². The predicted octanol–water partition coefficient (Wildman–Crippen LogP) is 6.10. The number of benzene rings is 2. The highest BCUT2D eigenvalue weighted by molar-refractivity contribution is 5.97. The minimum Gasteiger partial charge on any atom is -0.444 e. The SMILES string of the molecule is CO[C@]1(c2ccccc2)C[C@H](C(=O)Nc2cc(C(N)(CCC3CC3)c3ccncc3)ccc2F)N(C(=O)OC(C)(C)C)C1. The Hall–Kier alpha value is -3.82. The molecule has 228 valence electrons. The normalized spacial score (nSPS) is 21.7. The summed E-state index contributed by atoms with van der Waals surface area (Å²) in [6, 6.07) is 16.8. The monoisotopic (exact) mass is 588 g/mol. The fourth-order valence-corrected chi connectivity index (χ4v) is 5.89. The number of methoxy groups -OCH3 is 1. The van der Waals surface area contributed by atoms with Gasteiger partial charge in [0.1, 0.15) is 23.1 Å². The topological polar surface area (TPSA) is 107 Å². The van der Waals surface area contributed by atoms with E-state index < -0.39 is 40.6 Å². The van der Waals surface area contributed by atoms with Gasteiger partial charge in [0.25, 0.3) is 0 Å². The first kappa shape index (κ1) is 30.6. The number of nitrogens with zero attached hydrogens (tertiary/aromatic N) is 2. The van der Waals surface area contributed by atoms with Gasteiger partial charge in [-0.1, -0.05) is 49.2 Å². The van der Waals surface area contributed by atoms with Crippen LogP contribution >= 0.6 is 0 Å². The minimum atomic E-state index is -0.976. The number of ether oxygens (including phenoxy) is 2. The molecule has 1 aliphatic heterocycles. The van der Waals surface area contributed by atoms with Crippen molar-refractivity contribution in [1.29, 1.82) is 0 Å². The third-order valence-electron chi connectivity index (χ3n) is 8.52. The van der Waals surface area contributed by atoms with Crippen LogP contribution in [0.2, 0.25) is 0 Å². The third kappa shape index (κ3) is 6.73. The second-order valence-corrected chi connectivity index (χ2v) is 12.8. The lowest BCUT2D eigenvalue weighted by Gasteiger charge is -2.32. The van der Waals surface area contributed by atoms with Gasteiger partial charge in [-0.15, -0.1) is 0 Å². The second-order valence-electron chi connectivity index (χ2n) is 12.8. The van der Waals surface area contributed by atoms with Crippen molar-refractivity contribution in [2.24, 2.45) is 11.7 Å². The third-order valence-corrected chi connectivity index (χ3v) is 8.52. The second kappa shape index (κ2) is 12.1. The molecule has 43 heavy (non-hydrogen) atoms. The van der Waals surface area contributed by atoms with E-state index in [9.17, 15) is 9.59 Å². The Balaban J connectivity index is 1.46. The first-order valence-corrected chi connectivity index (χ1v) is 14.8. The number of hydrogen-bond donors (Lipinski definition) is 2. The number of pyridine rings is 1. The molecule has 1 unspecified atom stereocenters. The zero-order chi connectivity index (χ0) is 30.8. The van der Waals surface area contributed by atoms with Crippen LogP contribution in [0.15, 0.2) is 73.1 Å². The van der Waals surface area contributed by atoms with Gasteiger partial charge in [-0.25, -0.2) is 9.18 Å². The largest absolute Gasteiger partial charge is 0.444 e. The fourth-order valence-electron chi connectivity index (χ4n) is 5.89. The summed E-state index contributed by atoms with van der Waals surface area (Å²) in [4.78, 5) is 32.8. The van der Waals surface area contributed by atoms with Crippen molar-refractivity contribution >= 4 is 17.7 Å². The van der Waals surface area contributed by atoms with Crippen LogP contribution in [0.25, 0.3) is 0 Å². The lowest BCUT2D eigenvalue weighted by Crippen LogP contribution is -2.45. The van der Waals surface area contributed by atoms with Crippen LogP contribution in [-0.4, -0.2) is 47.2 Å². The lowest BCUT2D eigenvalue weighted by atomic mass is 9.79. The molecule has 2 heterocycles. The number of anilines is 1. The zero-order valence-corrected chi connectivity index (χ0v) is 25.3. The smallest absolute Gasteiger partial charge is 0.411 e. The van der Waals surface area contributed by atoms with E-state index in [4.69, 9.17) is 15.2 Å². The van der Waals surface area contributed by atoms with Crippen molar-refractivity contribution in [3.8, 4) is 0 Å². The lowest BCUT2D eigenvalue weighted by molar-refractivity contribution is -0.120. The van der Waals surface area contributed by atoms with Gasteiger partial charge in [0.15, 0.2) is 0 Å². The molecule has 2 aromatic carbocycles. The maximum Gasteiger partial charge on any atom is 0.411 e. The summed E-state index contributed by atoms with van der Waals surface area (Å²) in [5.74, 6) is -0.489. The fraction of sp³-hybridized carbons (Fsp3) is 0.441. The number of hydrogen-bond acceptors (Lipinski definition) is 6. The van der Waals surface area contributed by atoms with Gasteiger partial charge in [0.2, 0.25) is 5.91 Å². The maximum atomic E-state index is 15.3. The number of nitrogens with one attached hydrogen (secondary N) is 1. The predicted molar refractivity (Wildman–Crippen MR) is 163 cm³/mol. The molecule has 9 heteroatoms. The molecule has 1 aliphatic carbocycles. The van der Waals surface area contributed by atoms with Crippen LogP contribution < -0.4 is 11.1 Å². The summed E-state index contributed by atoms with van der Waals surface area (Å²) in [6.45, 7) is 5.40. The quantitative estimate of drug-likeness (QED) is 0.313. The van der Waals surface area contributed by atoms with Gasteiger partial charge in [-0.05, 0) is 80.5 Å². The summed E-state index contributed by atoms with van der Waals surface area (Å²) in [5.41, 5.74) is 6.83. The van der Waals surface area contributed by atoms with Crippen LogP contribution in [0.5, 0.6) is 0 Å². The Bertz CT molecular complexity index is 1440. The first-order chi connectivity index (χ1) is 20.4. The van der Waals surface area contributed by atoms with Gasteiger partial charge in [-0.3, -0.25) is 14.7 Å².